The first-order valence-electron chi connectivity index (χ1n) is 5.57. The molecular formula is C13H18INOS. The predicted molar refractivity (Wildman–Crippen MR) is 83.7 cm³/mol. The van der Waals surface area contributed by atoms with E-state index in [-0.39, 0.29) is 10.7 Å². The van der Waals surface area contributed by atoms with Gasteiger partial charge in [-0.25, -0.2) is 0 Å². The van der Waals surface area contributed by atoms with Crippen molar-refractivity contribution in [3.05, 3.63) is 33.4 Å². The fourth-order valence-corrected chi connectivity index (χ4v) is 2.71. The summed E-state index contributed by atoms with van der Waals surface area (Å²) in [4.78, 5) is 11.9. The Morgan fingerprint density at radius 1 is 1.35 bits per heavy atom. The van der Waals surface area contributed by atoms with Crippen LogP contribution in [0.2, 0.25) is 0 Å². The smallest absolute Gasteiger partial charge is 0.252 e. The van der Waals surface area contributed by atoms with Crippen LogP contribution >= 0.6 is 34.4 Å². The van der Waals surface area contributed by atoms with Gasteiger partial charge in [0, 0.05) is 20.6 Å². The maximum atomic E-state index is 11.9. The summed E-state index contributed by atoms with van der Waals surface area (Å²) in [6, 6.07) is 7.63. The van der Waals surface area contributed by atoms with Crippen molar-refractivity contribution in [2.75, 3.05) is 12.3 Å². The molecule has 1 rings (SSSR count). The molecule has 0 radical (unpaired) electrons. The van der Waals surface area contributed by atoms with Crippen LogP contribution in [0.25, 0.3) is 0 Å². The zero-order valence-electron chi connectivity index (χ0n) is 10.4. The van der Waals surface area contributed by atoms with Crippen LogP contribution in [0.5, 0.6) is 0 Å². The summed E-state index contributed by atoms with van der Waals surface area (Å²) < 4.78 is 1.25. The van der Waals surface area contributed by atoms with E-state index in [0.717, 1.165) is 14.9 Å². The monoisotopic (exact) mass is 363 g/mol. The number of thioether (sulfide) groups is 1. The molecular weight excluding hydrogens is 345 g/mol. The summed E-state index contributed by atoms with van der Waals surface area (Å²) in [5.41, 5.74) is 0.758. The Morgan fingerprint density at radius 2 is 2.00 bits per heavy atom. The Bertz CT molecular complexity index is 387. The first-order chi connectivity index (χ1) is 7.90. The molecule has 1 aromatic rings. The van der Waals surface area contributed by atoms with Gasteiger partial charge in [0.2, 0.25) is 0 Å². The zero-order chi connectivity index (χ0) is 12.9. The van der Waals surface area contributed by atoms with Crippen molar-refractivity contribution in [3.8, 4) is 0 Å². The number of benzene rings is 1. The van der Waals surface area contributed by atoms with Gasteiger partial charge in [-0.2, -0.15) is 11.8 Å². The topological polar surface area (TPSA) is 29.1 Å². The number of amides is 1. The molecule has 0 aliphatic carbocycles. The number of halogens is 1. The average Bonchev–Trinajstić information content (AvgIpc) is 2.23. The molecule has 17 heavy (non-hydrogen) atoms. The quantitative estimate of drug-likeness (QED) is 0.655. The van der Waals surface area contributed by atoms with Gasteiger partial charge in [0.05, 0.1) is 5.56 Å². The SMILES string of the molecule is CC(C)(C)SCCNC(=O)c1ccccc1I. The van der Waals surface area contributed by atoms with Crippen molar-refractivity contribution in [1.82, 2.24) is 5.32 Å². The third-order valence-electron chi connectivity index (χ3n) is 2.04. The van der Waals surface area contributed by atoms with Gasteiger partial charge in [-0.15, -0.1) is 0 Å². The van der Waals surface area contributed by atoms with E-state index in [2.05, 4.69) is 48.7 Å². The van der Waals surface area contributed by atoms with E-state index in [1.165, 1.54) is 0 Å². The van der Waals surface area contributed by atoms with E-state index < -0.39 is 0 Å². The Hall–Kier alpha value is -0.230. The van der Waals surface area contributed by atoms with Crippen molar-refractivity contribution in [2.24, 2.45) is 0 Å². The maximum absolute atomic E-state index is 11.9. The van der Waals surface area contributed by atoms with Gasteiger partial charge in [-0.3, -0.25) is 4.79 Å². The van der Waals surface area contributed by atoms with E-state index in [1.807, 2.05) is 36.0 Å². The van der Waals surface area contributed by atoms with Gasteiger partial charge >= 0.3 is 0 Å². The fourth-order valence-electron chi connectivity index (χ4n) is 1.26. The highest BCUT2D eigenvalue weighted by atomic mass is 127. The molecule has 2 nitrogen and oxygen atoms in total. The van der Waals surface area contributed by atoms with Gasteiger partial charge in [-0.05, 0) is 34.7 Å². The van der Waals surface area contributed by atoms with E-state index in [1.54, 1.807) is 0 Å². The molecule has 0 bridgehead atoms. The van der Waals surface area contributed by atoms with Crippen LogP contribution < -0.4 is 5.32 Å². The molecule has 0 saturated heterocycles. The van der Waals surface area contributed by atoms with Crippen LogP contribution in [0, 0.1) is 3.57 Å². The van der Waals surface area contributed by atoms with Crippen LogP contribution in [-0.2, 0) is 0 Å². The molecule has 0 atom stereocenters. The largest absolute Gasteiger partial charge is 0.351 e. The molecule has 1 N–H and O–H groups in total. The van der Waals surface area contributed by atoms with Crippen LogP contribution in [0.3, 0.4) is 0 Å². The number of rotatable bonds is 4. The van der Waals surface area contributed by atoms with Crippen LogP contribution in [0.1, 0.15) is 31.1 Å². The summed E-state index contributed by atoms with van der Waals surface area (Å²) in [7, 11) is 0. The second-order valence-corrected chi connectivity index (χ2v) is 7.78. The molecule has 0 aliphatic heterocycles. The van der Waals surface area contributed by atoms with Gasteiger partial charge in [-0.1, -0.05) is 32.9 Å². The molecule has 1 aromatic carbocycles. The molecule has 0 unspecified atom stereocenters. The van der Waals surface area contributed by atoms with E-state index in [4.69, 9.17) is 0 Å². The van der Waals surface area contributed by atoms with Gasteiger partial charge in [0.15, 0.2) is 0 Å². The predicted octanol–water partition coefficient (Wildman–Crippen LogP) is 3.55. The van der Waals surface area contributed by atoms with E-state index in [0.29, 0.717) is 6.54 Å². The molecule has 94 valence electrons. The normalized spacial score (nSPS) is 11.3. The zero-order valence-corrected chi connectivity index (χ0v) is 13.4. The van der Waals surface area contributed by atoms with Gasteiger partial charge in [0.25, 0.3) is 5.91 Å². The van der Waals surface area contributed by atoms with Crippen molar-refractivity contribution < 1.29 is 4.79 Å². The summed E-state index contributed by atoms with van der Waals surface area (Å²) in [5, 5.41) is 2.95. The summed E-state index contributed by atoms with van der Waals surface area (Å²) in [6.45, 7) is 7.25. The van der Waals surface area contributed by atoms with Crippen molar-refractivity contribution in [2.45, 2.75) is 25.5 Å². The van der Waals surface area contributed by atoms with E-state index in [9.17, 15) is 4.79 Å². The highest BCUT2D eigenvalue weighted by Gasteiger charge is 2.11. The van der Waals surface area contributed by atoms with Gasteiger partial charge < -0.3 is 5.32 Å². The summed E-state index contributed by atoms with van der Waals surface area (Å²) in [5.74, 6) is 0.961. The van der Waals surface area contributed by atoms with Crippen molar-refractivity contribution in [1.29, 1.82) is 0 Å². The molecule has 4 heteroatoms. The summed E-state index contributed by atoms with van der Waals surface area (Å²) >= 11 is 4.04. The number of hydrogen-bond acceptors (Lipinski definition) is 2. The van der Waals surface area contributed by atoms with Crippen molar-refractivity contribution in [3.63, 3.8) is 0 Å². The lowest BCUT2D eigenvalue weighted by Gasteiger charge is -2.17. The molecule has 0 saturated carbocycles. The Kier molecular flexibility index (Phi) is 5.79. The second-order valence-electron chi connectivity index (χ2n) is 4.70. The highest BCUT2D eigenvalue weighted by molar-refractivity contribution is 14.1. The average molecular weight is 363 g/mol. The first-order valence-corrected chi connectivity index (χ1v) is 7.63. The Labute approximate surface area is 121 Å². The third-order valence-corrected chi connectivity index (χ3v) is 4.26. The lowest BCUT2D eigenvalue weighted by atomic mass is 10.2. The van der Waals surface area contributed by atoms with Gasteiger partial charge in [0.1, 0.15) is 0 Å². The molecule has 1 amide bonds. The minimum atomic E-state index is 0.0181. The minimum absolute atomic E-state index is 0.0181. The second kappa shape index (κ2) is 6.64. The fraction of sp³-hybridized carbons (Fsp3) is 0.462. The third kappa shape index (κ3) is 5.77. The molecule has 0 aliphatic rings. The highest BCUT2D eigenvalue weighted by Crippen LogP contribution is 2.22. The number of nitrogens with one attached hydrogen (secondary N) is 1. The van der Waals surface area contributed by atoms with Crippen LogP contribution in [0.4, 0.5) is 0 Å². The van der Waals surface area contributed by atoms with Crippen LogP contribution in [0.15, 0.2) is 24.3 Å². The lowest BCUT2D eigenvalue weighted by molar-refractivity contribution is 0.0955. The molecule has 0 heterocycles. The number of carbonyl (C=O) groups excluding carboxylic acids is 1. The maximum Gasteiger partial charge on any atom is 0.252 e. The Balaban J connectivity index is 2.39. The van der Waals surface area contributed by atoms with Crippen LogP contribution in [-0.4, -0.2) is 23.0 Å². The first kappa shape index (κ1) is 14.8. The number of carbonyl (C=O) groups is 1. The van der Waals surface area contributed by atoms with E-state index >= 15 is 0 Å². The lowest BCUT2D eigenvalue weighted by Crippen LogP contribution is -2.27. The van der Waals surface area contributed by atoms with Crippen molar-refractivity contribution >= 4 is 40.3 Å². The summed E-state index contributed by atoms with van der Waals surface area (Å²) in [6.07, 6.45) is 0. The number of hydrogen-bond donors (Lipinski definition) is 1. The minimum Gasteiger partial charge on any atom is -0.351 e. The molecule has 0 fully saturated rings. The Morgan fingerprint density at radius 3 is 2.59 bits per heavy atom. The molecule has 0 aromatic heterocycles. The standard InChI is InChI=1S/C13H18INOS/c1-13(2,3)17-9-8-15-12(16)10-6-4-5-7-11(10)14/h4-7H,8-9H2,1-3H3,(H,15,16). The molecule has 0 spiro atoms.